The van der Waals surface area contributed by atoms with Gasteiger partial charge in [0.2, 0.25) is 0 Å². The van der Waals surface area contributed by atoms with E-state index in [1.807, 2.05) is 13.8 Å². The zero-order valence-corrected chi connectivity index (χ0v) is 19.9. The lowest BCUT2D eigenvalue weighted by Crippen LogP contribution is -2.34. The molecular weight excluding hydrogens is 450 g/mol. The highest BCUT2D eigenvalue weighted by atomic mass is 19.1. The summed E-state index contributed by atoms with van der Waals surface area (Å²) in [5, 5.41) is 16.3. The highest BCUT2D eigenvalue weighted by Gasteiger charge is 2.22. The van der Waals surface area contributed by atoms with E-state index in [0.717, 1.165) is 36.6 Å². The molecule has 3 aromatic rings. The van der Waals surface area contributed by atoms with E-state index in [1.54, 1.807) is 24.5 Å². The van der Waals surface area contributed by atoms with E-state index in [-0.39, 0.29) is 29.6 Å². The smallest absolute Gasteiger partial charge is 0.255 e. The van der Waals surface area contributed by atoms with Crippen molar-refractivity contribution in [1.29, 1.82) is 0 Å². The number of anilines is 2. The molecule has 0 saturated heterocycles. The van der Waals surface area contributed by atoms with Crippen molar-refractivity contribution in [2.24, 2.45) is 5.92 Å². The summed E-state index contributed by atoms with van der Waals surface area (Å²) >= 11 is 0. The summed E-state index contributed by atoms with van der Waals surface area (Å²) in [7, 11) is 0. The van der Waals surface area contributed by atoms with Crippen LogP contribution in [-0.4, -0.2) is 33.6 Å². The Labute approximate surface area is 203 Å². The number of nitrogens with zero attached hydrogens (tertiary/aromatic N) is 2. The van der Waals surface area contributed by atoms with Crippen molar-refractivity contribution in [2.75, 3.05) is 11.9 Å². The topological polar surface area (TPSA) is 87.1 Å². The minimum atomic E-state index is -0.589. The minimum Gasteiger partial charge on any atom is -0.391 e. The number of pyridine rings is 2. The monoisotopic (exact) mass is 480 g/mol. The second kappa shape index (κ2) is 10.9. The molecule has 6 nitrogen and oxygen atoms in total. The maximum Gasteiger partial charge on any atom is 0.255 e. The third-order valence-electron chi connectivity index (χ3n) is 6.42. The molecule has 0 aliphatic heterocycles. The number of benzene rings is 1. The number of aliphatic hydroxyl groups is 1. The lowest BCUT2D eigenvalue weighted by molar-refractivity contribution is 0.0867. The van der Waals surface area contributed by atoms with Crippen LogP contribution in [0.15, 0.2) is 48.9 Å². The van der Waals surface area contributed by atoms with Crippen molar-refractivity contribution in [3.63, 3.8) is 0 Å². The second-order valence-corrected chi connectivity index (χ2v) is 9.38. The van der Waals surface area contributed by atoms with Crippen LogP contribution < -0.4 is 10.6 Å². The summed E-state index contributed by atoms with van der Waals surface area (Å²) in [4.78, 5) is 21.3. The van der Waals surface area contributed by atoms with Gasteiger partial charge in [0.05, 0.1) is 23.0 Å². The van der Waals surface area contributed by atoms with Gasteiger partial charge < -0.3 is 15.7 Å². The number of carbonyl (C=O) groups is 1. The van der Waals surface area contributed by atoms with Gasteiger partial charge >= 0.3 is 0 Å². The van der Waals surface area contributed by atoms with E-state index in [2.05, 4.69) is 20.6 Å². The second-order valence-electron chi connectivity index (χ2n) is 9.38. The number of aromatic nitrogens is 2. The van der Waals surface area contributed by atoms with Crippen LogP contribution in [0.3, 0.4) is 0 Å². The average molecular weight is 481 g/mol. The van der Waals surface area contributed by atoms with Crippen molar-refractivity contribution in [2.45, 2.75) is 51.6 Å². The summed E-state index contributed by atoms with van der Waals surface area (Å²) in [6.45, 7) is 4.15. The van der Waals surface area contributed by atoms with E-state index in [4.69, 9.17) is 0 Å². The molecule has 0 spiro atoms. The van der Waals surface area contributed by atoms with E-state index in [0.29, 0.717) is 29.3 Å². The van der Waals surface area contributed by atoms with Crippen LogP contribution in [0.4, 0.5) is 20.2 Å². The van der Waals surface area contributed by atoms with Gasteiger partial charge in [0, 0.05) is 36.4 Å². The molecule has 8 heteroatoms. The number of carbonyl (C=O) groups excluding carboxylic acids is 1. The van der Waals surface area contributed by atoms with Gasteiger partial charge in [-0.1, -0.05) is 33.1 Å². The molecule has 1 amide bonds. The lowest BCUT2D eigenvalue weighted by atomic mass is 9.81. The normalized spacial score (nSPS) is 14.5. The van der Waals surface area contributed by atoms with Gasteiger partial charge in [-0.05, 0) is 54.2 Å². The third-order valence-corrected chi connectivity index (χ3v) is 6.42. The van der Waals surface area contributed by atoms with Crippen molar-refractivity contribution in [3.05, 3.63) is 71.7 Å². The maximum absolute atomic E-state index is 14.4. The molecule has 0 bridgehead atoms. The fourth-order valence-corrected chi connectivity index (χ4v) is 4.21. The predicted molar refractivity (Wildman–Crippen MR) is 131 cm³/mol. The molecule has 184 valence electrons. The molecule has 1 fully saturated rings. The first-order valence-electron chi connectivity index (χ1n) is 11.9. The van der Waals surface area contributed by atoms with Crippen LogP contribution in [0.2, 0.25) is 0 Å². The molecule has 2 heterocycles. The Morgan fingerprint density at radius 2 is 1.94 bits per heavy atom. The molecule has 0 unspecified atom stereocenters. The predicted octanol–water partition coefficient (Wildman–Crippen LogP) is 5.57. The third kappa shape index (κ3) is 6.00. The van der Waals surface area contributed by atoms with Gasteiger partial charge in [-0.15, -0.1) is 0 Å². The van der Waals surface area contributed by atoms with E-state index in [1.165, 1.54) is 12.6 Å². The van der Waals surface area contributed by atoms with Gasteiger partial charge in [-0.3, -0.25) is 14.8 Å². The highest BCUT2D eigenvalue weighted by molar-refractivity contribution is 6.00. The number of amides is 1. The molecule has 1 aromatic carbocycles. The van der Waals surface area contributed by atoms with Gasteiger partial charge in [0.15, 0.2) is 0 Å². The van der Waals surface area contributed by atoms with Gasteiger partial charge in [0.1, 0.15) is 11.6 Å². The van der Waals surface area contributed by atoms with Crippen LogP contribution in [0, 0.1) is 17.6 Å². The van der Waals surface area contributed by atoms with Crippen LogP contribution in [0.25, 0.3) is 11.3 Å². The Kier molecular flexibility index (Phi) is 7.70. The molecule has 1 atom stereocenters. The zero-order chi connectivity index (χ0) is 24.9. The first kappa shape index (κ1) is 24.7. The molecular formula is C27H30F2N4O2. The van der Waals surface area contributed by atoms with Crippen LogP contribution in [0.5, 0.6) is 0 Å². The average Bonchev–Trinajstić information content (AvgIpc) is 2.81. The summed E-state index contributed by atoms with van der Waals surface area (Å²) in [6, 6.07) is 6.56. The van der Waals surface area contributed by atoms with E-state index >= 15 is 0 Å². The molecule has 1 saturated carbocycles. The molecule has 2 aromatic heterocycles. The minimum absolute atomic E-state index is 0.0523. The molecule has 0 radical (unpaired) electrons. The number of aliphatic hydroxyl groups excluding tert-OH is 1. The van der Waals surface area contributed by atoms with Gasteiger partial charge in [-0.2, -0.15) is 0 Å². The molecule has 4 rings (SSSR count). The Morgan fingerprint density at radius 3 is 2.66 bits per heavy atom. The first-order valence-corrected chi connectivity index (χ1v) is 11.9. The van der Waals surface area contributed by atoms with Crippen molar-refractivity contribution in [3.8, 4) is 11.3 Å². The van der Waals surface area contributed by atoms with Gasteiger partial charge in [-0.25, -0.2) is 8.78 Å². The molecule has 1 aliphatic rings. The summed E-state index contributed by atoms with van der Waals surface area (Å²) in [5.41, 5.74) is 2.62. The van der Waals surface area contributed by atoms with Crippen molar-refractivity contribution in [1.82, 2.24) is 15.3 Å². The fourth-order valence-electron chi connectivity index (χ4n) is 4.21. The summed E-state index contributed by atoms with van der Waals surface area (Å²) < 4.78 is 28.2. The standard InChI is InChI=1S/C27H30F2N4O2/c1-16(2)21-15-31-25(20-11-18(28)6-7-23(20)29)12-26(21)33-24-8-9-30-14-22(24)27(35)32-13-19(34)10-17-4-3-5-17/h6-9,11-12,14-17,19,34H,3-5,10,13H2,1-2H3,(H,32,35)(H,30,31,33)/t19-/m0/s1. The Bertz CT molecular complexity index is 1200. The van der Waals surface area contributed by atoms with Crippen molar-refractivity contribution < 1.29 is 18.7 Å². The summed E-state index contributed by atoms with van der Waals surface area (Å²) in [5.74, 6) is -0.873. The maximum atomic E-state index is 14.4. The number of nitrogens with one attached hydrogen (secondary N) is 2. The van der Waals surface area contributed by atoms with E-state index < -0.39 is 17.7 Å². The Balaban J connectivity index is 1.57. The zero-order valence-electron chi connectivity index (χ0n) is 19.9. The number of rotatable bonds is 9. The fraction of sp³-hybridized carbons (Fsp3) is 0.370. The number of halogens is 2. The number of hydrogen-bond donors (Lipinski definition) is 3. The van der Waals surface area contributed by atoms with Gasteiger partial charge in [0.25, 0.3) is 5.91 Å². The lowest BCUT2D eigenvalue weighted by Gasteiger charge is -2.27. The SMILES string of the molecule is CC(C)c1cnc(-c2cc(F)ccc2F)cc1Nc1ccncc1C(=O)NC[C@@H](O)CC1CCC1. The van der Waals surface area contributed by atoms with Crippen LogP contribution >= 0.6 is 0 Å². The molecule has 1 aliphatic carbocycles. The quantitative estimate of drug-likeness (QED) is 0.373. The van der Waals surface area contributed by atoms with E-state index in [9.17, 15) is 18.7 Å². The van der Waals surface area contributed by atoms with Crippen molar-refractivity contribution >= 4 is 17.3 Å². The Hall–Kier alpha value is -3.39. The molecule has 3 N–H and O–H groups in total. The van der Waals surface area contributed by atoms with Crippen LogP contribution in [-0.2, 0) is 0 Å². The largest absolute Gasteiger partial charge is 0.391 e. The highest BCUT2D eigenvalue weighted by Crippen LogP contribution is 2.33. The first-order chi connectivity index (χ1) is 16.8. The Morgan fingerprint density at radius 1 is 1.14 bits per heavy atom. The summed E-state index contributed by atoms with van der Waals surface area (Å²) in [6.07, 6.45) is 8.22. The molecule has 35 heavy (non-hydrogen) atoms. The number of hydrogen-bond acceptors (Lipinski definition) is 5. The van der Waals surface area contributed by atoms with Crippen LogP contribution in [0.1, 0.15) is 61.4 Å².